The van der Waals surface area contributed by atoms with E-state index >= 15 is 0 Å². The Balaban J connectivity index is 2.31. The summed E-state index contributed by atoms with van der Waals surface area (Å²) >= 11 is 6.49. The van der Waals surface area contributed by atoms with Crippen LogP contribution in [0.1, 0.15) is 24.5 Å². The molecule has 18 heavy (non-hydrogen) atoms. The number of hydrogen-bond acceptors (Lipinski definition) is 3. The molecule has 3 N–H and O–H groups in total. The third-order valence-corrected chi connectivity index (χ3v) is 3.55. The maximum absolute atomic E-state index is 11.4. The highest BCUT2D eigenvalue weighted by molar-refractivity contribution is 7.99. The highest BCUT2D eigenvalue weighted by Gasteiger charge is 2.01. The first-order chi connectivity index (χ1) is 8.63. The Labute approximate surface area is 118 Å². The molecule has 0 aliphatic carbocycles. The van der Waals surface area contributed by atoms with Crippen molar-refractivity contribution >= 4 is 34.9 Å². The molecule has 0 radical (unpaired) electrons. The Morgan fingerprint density at radius 2 is 2.06 bits per heavy atom. The van der Waals surface area contributed by atoms with Gasteiger partial charge in [-0.25, -0.2) is 0 Å². The van der Waals surface area contributed by atoms with Gasteiger partial charge in [-0.3, -0.25) is 4.79 Å². The van der Waals surface area contributed by atoms with Crippen LogP contribution < -0.4 is 11.1 Å². The lowest BCUT2D eigenvalue weighted by Crippen LogP contribution is -2.25. The summed E-state index contributed by atoms with van der Waals surface area (Å²) in [4.78, 5) is 11.8. The summed E-state index contributed by atoms with van der Waals surface area (Å²) in [5.74, 6) is 1.41. The van der Waals surface area contributed by atoms with Gasteiger partial charge in [0.25, 0.3) is 0 Å². The van der Waals surface area contributed by atoms with Crippen molar-refractivity contribution in [1.29, 1.82) is 0 Å². The molecule has 1 aromatic carbocycles. The molecule has 0 aromatic heterocycles. The number of thiocarbonyl (C=S) groups is 1. The largest absolute Gasteiger partial charge is 0.389 e. The van der Waals surface area contributed by atoms with Gasteiger partial charge in [0.1, 0.15) is 4.99 Å². The van der Waals surface area contributed by atoms with Gasteiger partial charge in [-0.1, -0.05) is 43.4 Å². The Morgan fingerprint density at radius 1 is 1.39 bits per heavy atom. The molecule has 0 unspecified atom stereocenters. The summed E-state index contributed by atoms with van der Waals surface area (Å²) in [7, 11) is 0. The highest BCUT2D eigenvalue weighted by atomic mass is 32.2. The summed E-state index contributed by atoms with van der Waals surface area (Å²) in [5, 5.41) is 2.85. The normalized spacial score (nSPS) is 10.1. The second-order valence-corrected chi connectivity index (χ2v) is 5.33. The molecule has 98 valence electrons. The molecule has 0 spiro atoms. The average molecular weight is 282 g/mol. The van der Waals surface area contributed by atoms with Crippen LogP contribution in [0.3, 0.4) is 0 Å². The fourth-order valence-electron chi connectivity index (χ4n) is 1.34. The number of carbonyl (C=O) groups excluding carboxylic acids is 1. The molecule has 0 saturated heterocycles. The molecule has 0 atom stereocenters. The van der Waals surface area contributed by atoms with Gasteiger partial charge in [-0.05, 0) is 12.0 Å². The SMILES string of the molecule is CCCNC(=O)CSCc1ccc(C(N)=S)cc1. The number of nitrogens with one attached hydrogen (secondary N) is 1. The molecule has 0 saturated carbocycles. The van der Waals surface area contributed by atoms with E-state index in [2.05, 4.69) is 5.32 Å². The average Bonchev–Trinajstić information content (AvgIpc) is 2.37. The van der Waals surface area contributed by atoms with Crippen LogP contribution in [0.2, 0.25) is 0 Å². The van der Waals surface area contributed by atoms with Crippen LogP contribution in [0.15, 0.2) is 24.3 Å². The number of amides is 1. The quantitative estimate of drug-likeness (QED) is 0.752. The molecule has 0 aliphatic heterocycles. The highest BCUT2D eigenvalue weighted by Crippen LogP contribution is 2.13. The third-order valence-electron chi connectivity index (χ3n) is 2.31. The van der Waals surface area contributed by atoms with Crippen LogP contribution >= 0.6 is 24.0 Å². The van der Waals surface area contributed by atoms with E-state index in [1.54, 1.807) is 11.8 Å². The van der Waals surface area contributed by atoms with Crippen LogP contribution in [0.25, 0.3) is 0 Å². The van der Waals surface area contributed by atoms with E-state index in [9.17, 15) is 4.79 Å². The molecule has 0 bridgehead atoms. The topological polar surface area (TPSA) is 55.1 Å². The number of rotatable bonds is 7. The van der Waals surface area contributed by atoms with E-state index in [0.717, 1.165) is 24.3 Å². The van der Waals surface area contributed by atoms with Gasteiger partial charge in [0.2, 0.25) is 5.91 Å². The number of thioether (sulfide) groups is 1. The van der Waals surface area contributed by atoms with Gasteiger partial charge in [-0.15, -0.1) is 11.8 Å². The van der Waals surface area contributed by atoms with E-state index < -0.39 is 0 Å². The van der Waals surface area contributed by atoms with Gasteiger partial charge in [-0.2, -0.15) is 0 Å². The molecule has 1 amide bonds. The van der Waals surface area contributed by atoms with Crippen LogP contribution in [-0.2, 0) is 10.5 Å². The Morgan fingerprint density at radius 3 is 2.61 bits per heavy atom. The second-order valence-electron chi connectivity index (χ2n) is 3.90. The predicted molar refractivity (Wildman–Crippen MR) is 81.8 cm³/mol. The number of benzene rings is 1. The van der Waals surface area contributed by atoms with Gasteiger partial charge >= 0.3 is 0 Å². The minimum absolute atomic E-state index is 0.0987. The first-order valence-corrected chi connectivity index (χ1v) is 7.43. The summed E-state index contributed by atoms with van der Waals surface area (Å²) < 4.78 is 0. The molecular weight excluding hydrogens is 264 g/mol. The fraction of sp³-hybridized carbons (Fsp3) is 0.385. The number of carbonyl (C=O) groups is 1. The van der Waals surface area contributed by atoms with Crippen molar-refractivity contribution in [2.24, 2.45) is 5.73 Å². The van der Waals surface area contributed by atoms with Crippen LogP contribution in [-0.4, -0.2) is 23.2 Å². The molecule has 5 heteroatoms. The summed E-state index contributed by atoms with van der Waals surface area (Å²) in [6.07, 6.45) is 0.969. The zero-order valence-electron chi connectivity index (χ0n) is 10.4. The molecule has 0 fully saturated rings. The van der Waals surface area contributed by atoms with Gasteiger partial charge in [0, 0.05) is 17.9 Å². The molecule has 1 rings (SSSR count). The zero-order valence-corrected chi connectivity index (χ0v) is 12.1. The predicted octanol–water partition coefficient (Wildman–Crippen LogP) is 2.08. The monoisotopic (exact) mass is 282 g/mol. The Bertz CT molecular complexity index is 404. The first kappa shape index (κ1) is 15.0. The lowest BCUT2D eigenvalue weighted by Gasteiger charge is -2.04. The lowest BCUT2D eigenvalue weighted by atomic mass is 10.1. The maximum Gasteiger partial charge on any atom is 0.230 e. The van der Waals surface area contributed by atoms with Gasteiger partial charge in [0.15, 0.2) is 0 Å². The van der Waals surface area contributed by atoms with E-state index in [1.165, 1.54) is 5.56 Å². The number of nitrogens with two attached hydrogens (primary N) is 1. The minimum atomic E-state index is 0.0987. The summed E-state index contributed by atoms with van der Waals surface area (Å²) in [5.41, 5.74) is 7.57. The first-order valence-electron chi connectivity index (χ1n) is 5.86. The van der Waals surface area contributed by atoms with E-state index in [4.69, 9.17) is 18.0 Å². The Kier molecular flexibility index (Phi) is 6.75. The Hall–Kier alpha value is -1.07. The van der Waals surface area contributed by atoms with Crippen LogP contribution in [0.4, 0.5) is 0 Å². The van der Waals surface area contributed by atoms with Crippen molar-refractivity contribution in [3.8, 4) is 0 Å². The standard InChI is InChI=1S/C13H18N2OS2/c1-2-7-15-12(16)9-18-8-10-3-5-11(6-4-10)13(14)17/h3-6H,2,7-9H2,1H3,(H2,14,17)(H,15,16). The molecular formula is C13H18N2OS2. The second kappa shape index (κ2) is 8.11. The van der Waals surface area contributed by atoms with E-state index in [0.29, 0.717) is 10.7 Å². The van der Waals surface area contributed by atoms with Crippen LogP contribution in [0.5, 0.6) is 0 Å². The van der Waals surface area contributed by atoms with Crippen molar-refractivity contribution in [3.05, 3.63) is 35.4 Å². The van der Waals surface area contributed by atoms with Crippen molar-refractivity contribution in [3.63, 3.8) is 0 Å². The molecule has 3 nitrogen and oxygen atoms in total. The minimum Gasteiger partial charge on any atom is -0.389 e. The summed E-state index contributed by atoms with van der Waals surface area (Å²) in [6, 6.07) is 7.81. The number of hydrogen-bond donors (Lipinski definition) is 2. The molecule has 0 aliphatic rings. The smallest absolute Gasteiger partial charge is 0.230 e. The zero-order chi connectivity index (χ0) is 13.4. The third kappa shape index (κ3) is 5.51. The van der Waals surface area contributed by atoms with Crippen molar-refractivity contribution in [2.75, 3.05) is 12.3 Å². The lowest BCUT2D eigenvalue weighted by molar-refractivity contribution is -0.118. The maximum atomic E-state index is 11.4. The van der Waals surface area contributed by atoms with Crippen molar-refractivity contribution < 1.29 is 4.79 Å². The van der Waals surface area contributed by atoms with E-state index in [1.807, 2.05) is 31.2 Å². The van der Waals surface area contributed by atoms with Gasteiger partial charge < -0.3 is 11.1 Å². The molecule has 1 aromatic rings. The van der Waals surface area contributed by atoms with Crippen LogP contribution in [0, 0.1) is 0 Å². The summed E-state index contributed by atoms with van der Waals surface area (Å²) in [6.45, 7) is 2.79. The van der Waals surface area contributed by atoms with Gasteiger partial charge in [0.05, 0.1) is 5.75 Å². The molecule has 0 heterocycles. The fourth-order valence-corrected chi connectivity index (χ4v) is 2.30. The van der Waals surface area contributed by atoms with Crippen molar-refractivity contribution in [2.45, 2.75) is 19.1 Å². The van der Waals surface area contributed by atoms with Crippen molar-refractivity contribution in [1.82, 2.24) is 5.32 Å². The van der Waals surface area contributed by atoms with E-state index in [-0.39, 0.29) is 5.91 Å².